The Balaban J connectivity index is 2.49. The van der Waals surface area contributed by atoms with E-state index in [2.05, 4.69) is 9.82 Å². The molecule has 0 unspecified atom stereocenters. The van der Waals surface area contributed by atoms with E-state index in [4.69, 9.17) is 5.90 Å². The summed E-state index contributed by atoms with van der Waals surface area (Å²) in [5.74, 6) is 5.85. The van der Waals surface area contributed by atoms with Crippen molar-refractivity contribution in [3.8, 4) is 0 Å². The Bertz CT molecular complexity index is 197. The maximum atomic E-state index is 4.86. The third-order valence-electron chi connectivity index (χ3n) is 1.36. The molecule has 1 aromatic heterocycles. The summed E-state index contributed by atoms with van der Waals surface area (Å²) >= 11 is 0. The Morgan fingerprint density at radius 3 is 3.10 bits per heavy atom. The average Bonchev–Trinajstić information content (AvgIpc) is 2.31. The van der Waals surface area contributed by atoms with Gasteiger partial charge in [0.15, 0.2) is 0 Å². The van der Waals surface area contributed by atoms with E-state index in [0.717, 1.165) is 12.2 Å². The second-order valence-corrected chi connectivity index (χ2v) is 2.08. The van der Waals surface area contributed by atoms with Crippen molar-refractivity contribution in [2.45, 2.75) is 6.42 Å². The van der Waals surface area contributed by atoms with Crippen LogP contribution in [0, 0.1) is 0 Å². The lowest BCUT2D eigenvalue weighted by molar-refractivity contribution is 0.139. The molecule has 0 aliphatic heterocycles. The van der Waals surface area contributed by atoms with E-state index in [1.807, 2.05) is 17.8 Å². The van der Waals surface area contributed by atoms with Crippen molar-refractivity contribution in [2.24, 2.45) is 12.9 Å². The van der Waals surface area contributed by atoms with Crippen LogP contribution in [0.5, 0.6) is 0 Å². The van der Waals surface area contributed by atoms with E-state index in [0.29, 0.717) is 6.61 Å². The molecule has 0 saturated carbocycles. The molecule has 1 heterocycles. The molecular formula is C6H11N3O. The molecule has 0 bridgehead atoms. The molecule has 4 heteroatoms. The molecule has 0 fully saturated rings. The monoisotopic (exact) mass is 141 g/mol. The third kappa shape index (κ3) is 1.55. The maximum Gasteiger partial charge on any atom is 0.110 e. The molecule has 4 nitrogen and oxygen atoms in total. The number of imidazole rings is 1. The first kappa shape index (κ1) is 7.24. The number of nitrogens with two attached hydrogens (primary N) is 1. The minimum atomic E-state index is 0.519. The highest BCUT2D eigenvalue weighted by Gasteiger charge is 1.96. The molecule has 1 aromatic rings. The van der Waals surface area contributed by atoms with Crippen molar-refractivity contribution in [2.75, 3.05) is 6.61 Å². The average molecular weight is 141 g/mol. The molecule has 0 aromatic carbocycles. The zero-order chi connectivity index (χ0) is 7.40. The standard InChI is InChI=1S/C6H11N3O/c1-9-4-3-8-6(9)2-5-10-7/h3-4H,2,5,7H2,1H3. The highest BCUT2D eigenvalue weighted by molar-refractivity contribution is 4.90. The normalized spacial score (nSPS) is 10.2. The first-order valence-corrected chi connectivity index (χ1v) is 3.12. The van der Waals surface area contributed by atoms with Gasteiger partial charge in [-0.3, -0.25) is 0 Å². The van der Waals surface area contributed by atoms with Crippen molar-refractivity contribution in [3.63, 3.8) is 0 Å². The Kier molecular flexibility index (Phi) is 2.42. The van der Waals surface area contributed by atoms with Gasteiger partial charge in [-0.15, -0.1) is 0 Å². The van der Waals surface area contributed by atoms with Crippen molar-refractivity contribution >= 4 is 0 Å². The first-order chi connectivity index (χ1) is 4.84. The Hall–Kier alpha value is -0.870. The zero-order valence-corrected chi connectivity index (χ0v) is 5.95. The molecule has 2 N–H and O–H groups in total. The number of rotatable bonds is 3. The molecule has 0 spiro atoms. The quantitative estimate of drug-likeness (QED) is 0.596. The summed E-state index contributed by atoms with van der Waals surface area (Å²) in [6.45, 7) is 0.519. The molecule has 0 aliphatic rings. The van der Waals surface area contributed by atoms with Gasteiger partial charge in [0.2, 0.25) is 0 Å². The van der Waals surface area contributed by atoms with Gasteiger partial charge in [0.1, 0.15) is 5.82 Å². The fourth-order valence-corrected chi connectivity index (χ4v) is 0.788. The van der Waals surface area contributed by atoms with Gasteiger partial charge in [-0.05, 0) is 0 Å². The van der Waals surface area contributed by atoms with Crippen molar-refractivity contribution < 1.29 is 4.84 Å². The number of aromatic nitrogens is 2. The number of aryl methyl sites for hydroxylation is 1. The van der Waals surface area contributed by atoms with Crippen LogP contribution in [0.4, 0.5) is 0 Å². The molecule has 0 atom stereocenters. The SMILES string of the molecule is Cn1ccnc1CCON. The summed E-state index contributed by atoms with van der Waals surface area (Å²) in [5, 5.41) is 0. The van der Waals surface area contributed by atoms with Crippen LogP contribution in [-0.4, -0.2) is 16.2 Å². The van der Waals surface area contributed by atoms with E-state index in [9.17, 15) is 0 Å². The van der Waals surface area contributed by atoms with Gasteiger partial charge in [-0.25, -0.2) is 10.9 Å². The molecule has 0 radical (unpaired) electrons. The molecule has 0 aliphatic carbocycles. The van der Waals surface area contributed by atoms with Gasteiger partial charge < -0.3 is 9.40 Å². The third-order valence-corrected chi connectivity index (χ3v) is 1.36. The van der Waals surface area contributed by atoms with Crippen LogP contribution < -0.4 is 5.90 Å². The van der Waals surface area contributed by atoms with Gasteiger partial charge in [0.05, 0.1) is 6.61 Å². The highest BCUT2D eigenvalue weighted by Crippen LogP contribution is 1.93. The van der Waals surface area contributed by atoms with Crippen molar-refractivity contribution in [1.82, 2.24) is 9.55 Å². The Labute approximate surface area is 59.6 Å². The van der Waals surface area contributed by atoms with E-state index in [1.54, 1.807) is 6.20 Å². The Morgan fingerprint density at radius 2 is 2.60 bits per heavy atom. The molecule has 0 saturated heterocycles. The number of nitrogens with zero attached hydrogens (tertiary/aromatic N) is 2. The first-order valence-electron chi connectivity index (χ1n) is 3.12. The highest BCUT2D eigenvalue weighted by atomic mass is 16.6. The Morgan fingerprint density at radius 1 is 1.80 bits per heavy atom. The number of hydrogen-bond donors (Lipinski definition) is 1. The van der Waals surface area contributed by atoms with Gasteiger partial charge in [-0.1, -0.05) is 0 Å². The van der Waals surface area contributed by atoms with Gasteiger partial charge in [0.25, 0.3) is 0 Å². The van der Waals surface area contributed by atoms with Gasteiger partial charge in [-0.2, -0.15) is 0 Å². The van der Waals surface area contributed by atoms with Crippen molar-refractivity contribution in [1.29, 1.82) is 0 Å². The predicted octanol–water partition coefficient (Wildman–Crippen LogP) is -0.147. The fraction of sp³-hybridized carbons (Fsp3) is 0.500. The summed E-state index contributed by atoms with van der Waals surface area (Å²) in [4.78, 5) is 8.50. The largest absolute Gasteiger partial charge is 0.338 e. The van der Waals surface area contributed by atoms with Crippen LogP contribution in [0.25, 0.3) is 0 Å². The van der Waals surface area contributed by atoms with Crippen LogP contribution >= 0.6 is 0 Å². The molecule has 10 heavy (non-hydrogen) atoms. The topological polar surface area (TPSA) is 53.1 Å². The summed E-state index contributed by atoms with van der Waals surface area (Å²) in [6, 6.07) is 0. The summed E-state index contributed by atoms with van der Waals surface area (Å²) < 4.78 is 1.94. The maximum absolute atomic E-state index is 4.86. The lowest BCUT2D eigenvalue weighted by Crippen LogP contribution is -2.07. The molecule has 0 amide bonds. The van der Waals surface area contributed by atoms with E-state index >= 15 is 0 Å². The van der Waals surface area contributed by atoms with Crippen LogP contribution in [0.1, 0.15) is 5.82 Å². The van der Waals surface area contributed by atoms with Crippen LogP contribution in [0.15, 0.2) is 12.4 Å². The predicted molar refractivity (Wildman–Crippen MR) is 37.1 cm³/mol. The molecule has 1 rings (SSSR count). The summed E-state index contributed by atoms with van der Waals surface area (Å²) in [7, 11) is 1.94. The zero-order valence-electron chi connectivity index (χ0n) is 5.95. The smallest absolute Gasteiger partial charge is 0.110 e. The van der Waals surface area contributed by atoms with Crippen LogP contribution in [0.3, 0.4) is 0 Å². The van der Waals surface area contributed by atoms with E-state index in [1.165, 1.54) is 0 Å². The van der Waals surface area contributed by atoms with E-state index < -0.39 is 0 Å². The lowest BCUT2D eigenvalue weighted by atomic mass is 10.4. The van der Waals surface area contributed by atoms with Crippen molar-refractivity contribution in [3.05, 3.63) is 18.2 Å². The molecular weight excluding hydrogens is 130 g/mol. The second-order valence-electron chi connectivity index (χ2n) is 2.08. The minimum Gasteiger partial charge on any atom is -0.338 e. The summed E-state index contributed by atoms with van der Waals surface area (Å²) in [6.07, 6.45) is 4.41. The van der Waals surface area contributed by atoms with E-state index in [-0.39, 0.29) is 0 Å². The summed E-state index contributed by atoms with van der Waals surface area (Å²) in [5.41, 5.74) is 0. The van der Waals surface area contributed by atoms with Crippen LogP contribution in [-0.2, 0) is 18.3 Å². The lowest BCUT2D eigenvalue weighted by Gasteiger charge is -1.98. The second kappa shape index (κ2) is 3.34. The number of hydrogen-bond acceptors (Lipinski definition) is 3. The van der Waals surface area contributed by atoms with Gasteiger partial charge >= 0.3 is 0 Å². The minimum absolute atomic E-state index is 0.519. The molecule has 56 valence electrons. The van der Waals surface area contributed by atoms with Gasteiger partial charge in [0, 0.05) is 25.9 Å². The van der Waals surface area contributed by atoms with Crippen LogP contribution in [0.2, 0.25) is 0 Å². The fourth-order valence-electron chi connectivity index (χ4n) is 0.788.